The van der Waals surface area contributed by atoms with E-state index in [1.54, 1.807) is 0 Å². The first-order chi connectivity index (χ1) is 10.0. The van der Waals surface area contributed by atoms with Gasteiger partial charge < -0.3 is 10.4 Å². The van der Waals surface area contributed by atoms with E-state index in [1.807, 2.05) is 0 Å². The maximum absolute atomic E-state index is 11.5. The van der Waals surface area contributed by atoms with Crippen LogP contribution in [0.5, 0.6) is 0 Å². The average molecular weight is 295 g/mol. The summed E-state index contributed by atoms with van der Waals surface area (Å²) in [5.74, 6) is -0.322. The van der Waals surface area contributed by atoms with E-state index < -0.39 is 14.7 Å². The molecular formula is C17H17NO2Si. The number of carbonyl (C=O) groups is 1. The summed E-state index contributed by atoms with van der Waals surface area (Å²) in [5, 5.41) is 14.5. The molecule has 2 N–H and O–H groups in total. The molecule has 0 fully saturated rings. The summed E-state index contributed by atoms with van der Waals surface area (Å²) in [4.78, 5) is 11.5. The molecule has 2 aromatic carbocycles. The standard InChI is InChI=1S/C17H17NO2Si/c1-21(2)14-8-12-11-6-4-3-5-10(11)7-13(12)17(21)16(14)18-15(20)9-19/h3-6,8,19H,7,9H2,1-2H3,(H,18,20). The second-order valence-corrected chi connectivity index (χ2v) is 10.7. The minimum absolute atomic E-state index is 0.322. The van der Waals surface area contributed by atoms with Crippen LogP contribution in [0.25, 0.3) is 11.1 Å². The Morgan fingerprint density at radius 3 is 2.81 bits per heavy atom. The van der Waals surface area contributed by atoms with Crippen LogP contribution in [0.2, 0.25) is 13.1 Å². The highest BCUT2D eigenvalue weighted by atomic mass is 28.3. The van der Waals surface area contributed by atoms with E-state index >= 15 is 0 Å². The normalized spacial score (nSPS) is 16.0. The minimum Gasteiger partial charge on any atom is -0.387 e. The Bertz CT molecular complexity index is 796. The SMILES string of the molecule is C[Si]1(C)c2cc3c(c1c2NC(=O)CO)Cc1ccccc1-3. The maximum atomic E-state index is 11.5. The number of hydrogen-bond acceptors (Lipinski definition) is 2. The van der Waals surface area contributed by atoms with Crippen molar-refractivity contribution in [3.05, 3.63) is 41.5 Å². The van der Waals surface area contributed by atoms with E-state index in [9.17, 15) is 4.79 Å². The Balaban J connectivity index is 1.88. The highest BCUT2D eigenvalue weighted by Crippen LogP contribution is 2.41. The predicted octanol–water partition coefficient (Wildman–Crippen LogP) is 1.32. The molecule has 0 spiro atoms. The number of benzene rings is 2. The number of anilines is 1. The second-order valence-electron chi connectivity index (χ2n) is 6.37. The highest BCUT2D eigenvalue weighted by Gasteiger charge is 2.46. The van der Waals surface area contributed by atoms with Gasteiger partial charge in [0.05, 0.1) is 0 Å². The van der Waals surface area contributed by atoms with Gasteiger partial charge in [0.1, 0.15) is 14.7 Å². The fourth-order valence-corrected chi connectivity index (χ4v) is 7.04. The predicted molar refractivity (Wildman–Crippen MR) is 87.1 cm³/mol. The number of hydrogen-bond donors (Lipinski definition) is 2. The van der Waals surface area contributed by atoms with Crippen LogP contribution in [0.1, 0.15) is 11.1 Å². The summed E-state index contributed by atoms with van der Waals surface area (Å²) in [6, 6.07) is 10.8. The van der Waals surface area contributed by atoms with Crippen LogP contribution in [-0.4, -0.2) is 25.7 Å². The topological polar surface area (TPSA) is 49.3 Å². The van der Waals surface area contributed by atoms with Crippen LogP contribution in [0.4, 0.5) is 5.69 Å². The largest absolute Gasteiger partial charge is 0.387 e. The Kier molecular flexibility index (Phi) is 2.47. The van der Waals surface area contributed by atoms with E-state index in [4.69, 9.17) is 5.11 Å². The summed E-state index contributed by atoms with van der Waals surface area (Å²) >= 11 is 0. The minimum atomic E-state index is -1.58. The lowest BCUT2D eigenvalue weighted by Crippen LogP contribution is -2.66. The van der Waals surface area contributed by atoms with Crippen LogP contribution >= 0.6 is 0 Å². The first kappa shape index (κ1) is 12.8. The van der Waals surface area contributed by atoms with Crippen LogP contribution in [0.15, 0.2) is 30.3 Å². The van der Waals surface area contributed by atoms with E-state index in [2.05, 4.69) is 48.7 Å². The first-order valence-electron chi connectivity index (χ1n) is 7.24. The van der Waals surface area contributed by atoms with Gasteiger partial charge in [-0.15, -0.1) is 0 Å². The first-order valence-corrected chi connectivity index (χ1v) is 10.2. The smallest absolute Gasteiger partial charge is 0.250 e. The van der Waals surface area contributed by atoms with E-state index in [0.29, 0.717) is 0 Å². The lowest BCUT2D eigenvalue weighted by molar-refractivity contribution is -0.118. The quantitative estimate of drug-likeness (QED) is 0.701. The molecule has 1 amide bonds. The lowest BCUT2D eigenvalue weighted by Gasteiger charge is -2.41. The van der Waals surface area contributed by atoms with Crippen molar-refractivity contribution < 1.29 is 9.90 Å². The zero-order valence-electron chi connectivity index (χ0n) is 12.2. The molecule has 21 heavy (non-hydrogen) atoms. The van der Waals surface area contributed by atoms with Crippen LogP contribution in [-0.2, 0) is 11.2 Å². The molecule has 2 aromatic rings. The Morgan fingerprint density at radius 2 is 2.05 bits per heavy atom. The lowest BCUT2D eigenvalue weighted by atomic mass is 10.0. The summed E-state index contributed by atoms with van der Waals surface area (Å²) in [6.07, 6.45) is 0.958. The van der Waals surface area contributed by atoms with Crippen molar-refractivity contribution in [2.45, 2.75) is 19.5 Å². The molecule has 106 valence electrons. The van der Waals surface area contributed by atoms with Gasteiger partial charge in [0.25, 0.3) is 0 Å². The number of nitrogens with one attached hydrogen (secondary N) is 1. The molecule has 3 nitrogen and oxygen atoms in total. The number of rotatable bonds is 2. The van der Waals surface area contributed by atoms with Crippen LogP contribution in [0, 0.1) is 0 Å². The molecule has 2 aliphatic heterocycles. The number of aliphatic hydroxyl groups excluding tert-OH is 1. The van der Waals surface area contributed by atoms with Gasteiger partial charge in [0, 0.05) is 5.69 Å². The van der Waals surface area contributed by atoms with Gasteiger partial charge in [-0.05, 0) is 39.0 Å². The molecule has 4 heteroatoms. The Hall–Kier alpha value is -1.91. The van der Waals surface area contributed by atoms with Gasteiger partial charge in [0.2, 0.25) is 5.91 Å². The summed E-state index contributed by atoms with van der Waals surface area (Å²) in [6.45, 7) is 4.20. The molecular weight excluding hydrogens is 278 g/mol. The van der Waals surface area contributed by atoms with Gasteiger partial charge in [0.15, 0.2) is 0 Å². The molecule has 3 aliphatic rings. The molecule has 0 saturated carbocycles. The molecule has 2 bridgehead atoms. The molecule has 5 rings (SSSR count). The zero-order chi connectivity index (χ0) is 14.8. The summed E-state index contributed by atoms with van der Waals surface area (Å²) in [5.41, 5.74) is 6.40. The Morgan fingerprint density at radius 1 is 1.29 bits per heavy atom. The second kappa shape index (κ2) is 4.05. The van der Waals surface area contributed by atoms with Crippen molar-refractivity contribution in [3.63, 3.8) is 0 Å². The van der Waals surface area contributed by atoms with Gasteiger partial charge in [-0.3, -0.25) is 4.79 Å². The summed E-state index contributed by atoms with van der Waals surface area (Å²) < 4.78 is 0. The van der Waals surface area contributed by atoms with Crippen molar-refractivity contribution in [2.75, 3.05) is 11.9 Å². The van der Waals surface area contributed by atoms with E-state index in [0.717, 1.165) is 12.1 Å². The fourth-order valence-electron chi connectivity index (χ4n) is 3.84. The van der Waals surface area contributed by atoms with Crippen molar-refractivity contribution >= 4 is 30.0 Å². The monoisotopic (exact) mass is 295 g/mol. The Labute approximate surface area is 124 Å². The van der Waals surface area contributed by atoms with Crippen LogP contribution < -0.4 is 15.7 Å². The highest BCUT2D eigenvalue weighted by molar-refractivity contribution is 7.08. The summed E-state index contributed by atoms with van der Waals surface area (Å²) in [7, 11) is -1.58. The van der Waals surface area contributed by atoms with Crippen LogP contribution in [0.3, 0.4) is 0 Å². The molecule has 0 atom stereocenters. The van der Waals surface area contributed by atoms with E-state index in [1.165, 1.54) is 32.6 Å². The maximum Gasteiger partial charge on any atom is 0.250 e. The number of fused-ring (bicyclic) bond motifs is 1. The van der Waals surface area contributed by atoms with Crippen molar-refractivity contribution in [1.29, 1.82) is 0 Å². The van der Waals surface area contributed by atoms with Crippen molar-refractivity contribution in [2.24, 2.45) is 0 Å². The van der Waals surface area contributed by atoms with Gasteiger partial charge >= 0.3 is 0 Å². The van der Waals surface area contributed by atoms with E-state index in [-0.39, 0.29) is 5.91 Å². The third-order valence-electron chi connectivity index (χ3n) is 4.82. The molecule has 1 aliphatic carbocycles. The number of aliphatic hydroxyl groups is 1. The van der Waals surface area contributed by atoms with Gasteiger partial charge in [-0.25, -0.2) is 0 Å². The molecule has 0 unspecified atom stereocenters. The number of amides is 1. The fraction of sp³-hybridized carbons (Fsp3) is 0.235. The van der Waals surface area contributed by atoms with Gasteiger partial charge in [-0.1, -0.05) is 43.4 Å². The third kappa shape index (κ3) is 1.54. The molecule has 0 saturated heterocycles. The van der Waals surface area contributed by atoms with Gasteiger partial charge in [-0.2, -0.15) is 0 Å². The third-order valence-corrected chi connectivity index (χ3v) is 8.36. The van der Waals surface area contributed by atoms with Crippen molar-refractivity contribution in [3.8, 4) is 11.1 Å². The number of carbonyl (C=O) groups excluding carboxylic acids is 1. The molecule has 0 radical (unpaired) electrons. The van der Waals surface area contributed by atoms with Crippen molar-refractivity contribution in [1.82, 2.24) is 0 Å². The zero-order valence-corrected chi connectivity index (χ0v) is 13.2. The molecule has 0 aromatic heterocycles. The average Bonchev–Trinajstić information content (AvgIpc) is 2.84. The molecule has 2 heterocycles.